The highest BCUT2D eigenvalue weighted by atomic mass is 16.5. The molecule has 2 aromatic heterocycles. The predicted molar refractivity (Wildman–Crippen MR) is 83.9 cm³/mol. The van der Waals surface area contributed by atoms with Crippen molar-refractivity contribution in [2.24, 2.45) is 0 Å². The van der Waals surface area contributed by atoms with Crippen LogP contribution in [0.4, 0.5) is 5.82 Å². The van der Waals surface area contributed by atoms with Gasteiger partial charge in [0.05, 0.1) is 12.7 Å². The third-order valence-electron chi connectivity index (χ3n) is 3.97. The van der Waals surface area contributed by atoms with Crippen LogP contribution in [0.5, 0.6) is 0 Å². The molecule has 3 heterocycles. The zero-order valence-electron chi connectivity index (χ0n) is 13.1. The fourth-order valence-corrected chi connectivity index (χ4v) is 2.72. The Morgan fingerprint density at radius 1 is 1.48 bits per heavy atom. The van der Waals surface area contributed by atoms with Crippen molar-refractivity contribution in [1.82, 2.24) is 14.9 Å². The second-order valence-electron chi connectivity index (χ2n) is 5.63. The van der Waals surface area contributed by atoms with E-state index < -0.39 is 0 Å². The van der Waals surface area contributed by atoms with E-state index in [1.807, 2.05) is 12.1 Å². The molecule has 1 atom stereocenters. The Bertz CT molecular complexity index is 685. The first-order valence-corrected chi connectivity index (χ1v) is 7.65. The molecule has 7 nitrogen and oxygen atoms in total. The number of nitrogens with two attached hydrogens (primary N) is 1. The summed E-state index contributed by atoms with van der Waals surface area (Å²) in [7, 11) is 0. The number of hydrogen-bond donors (Lipinski definition) is 1. The average molecular weight is 316 g/mol. The molecule has 1 unspecified atom stereocenters. The molecule has 23 heavy (non-hydrogen) atoms. The average Bonchev–Trinajstić information content (AvgIpc) is 2.99. The molecule has 0 spiro atoms. The fourth-order valence-electron chi connectivity index (χ4n) is 2.72. The Labute approximate surface area is 134 Å². The van der Waals surface area contributed by atoms with Gasteiger partial charge < -0.3 is 19.8 Å². The van der Waals surface area contributed by atoms with Gasteiger partial charge in [0.2, 0.25) is 0 Å². The Morgan fingerprint density at radius 3 is 3.09 bits per heavy atom. The zero-order valence-corrected chi connectivity index (χ0v) is 13.1. The molecular formula is C16H20N4O3. The van der Waals surface area contributed by atoms with E-state index in [1.54, 1.807) is 18.0 Å². The van der Waals surface area contributed by atoms with Crippen LogP contribution >= 0.6 is 0 Å². The summed E-state index contributed by atoms with van der Waals surface area (Å²) in [4.78, 5) is 22.2. The van der Waals surface area contributed by atoms with Crippen LogP contribution < -0.4 is 5.73 Å². The summed E-state index contributed by atoms with van der Waals surface area (Å²) in [6.07, 6.45) is 4.67. The lowest BCUT2D eigenvalue weighted by molar-refractivity contribution is -0.0248. The summed E-state index contributed by atoms with van der Waals surface area (Å²) in [5, 5.41) is 0. The highest BCUT2D eigenvalue weighted by Crippen LogP contribution is 2.16. The smallest absolute Gasteiger partial charge is 0.276 e. The second kappa shape index (κ2) is 6.78. The maximum Gasteiger partial charge on any atom is 0.276 e. The molecular weight excluding hydrogens is 296 g/mol. The number of pyridine rings is 1. The van der Waals surface area contributed by atoms with Crippen molar-refractivity contribution >= 4 is 11.7 Å². The molecule has 1 aliphatic heterocycles. The van der Waals surface area contributed by atoms with E-state index in [-0.39, 0.29) is 12.0 Å². The Hall–Kier alpha value is -2.41. The summed E-state index contributed by atoms with van der Waals surface area (Å²) >= 11 is 0. The number of ether oxygens (including phenoxy) is 1. The van der Waals surface area contributed by atoms with E-state index in [0.717, 1.165) is 18.4 Å². The Kier molecular flexibility index (Phi) is 4.57. The summed E-state index contributed by atoms with van der Waals surface area (Å²) < 4.78 is 10.9. The van der Waals surface area contributed by atoms with Gasteiger partial charge >= 0.3 is 0 Å². The van der Waals surface area contributed by atoms with Crippen molar-refractivity contribution in [3.05, 3.63) is 41.7 Å². The number of oxazole rings is 1. The van der Waals surface area contributed by atoms with Crippen LogP contribution in [0.15, 0.2) is 29.1 Å². The number of rotatable bonds is 4. The third kappa shape index (κ3) is 3.68. The van der Waals surface area contributed by atoms with Gasteiger partial charge in [-0.05, 0) is 37.5 Å². The number of aryl methyl sites for hydroxylation is 2. The second-order valence-corrected chi connectivity index (χ2v) is 5.63. The number of amides is 1. The molecule has 2 aromatic rings. The van der Waals surface area contributed by atoms with Crippen LogP contribution in [0.3, 0.4) is 0 Å². The van der Waals surface area contributed by atoms with Crippen molar-refractivity contribution in [3.8, 4) is 0 Å². The standard InChI is InChI=1S/C16H20N4O3/c1-11-15(19-10-23-11)16(21)20-6-7-22-13(9-20)3-2-12-4-5-18-14(17)8-12/h4-5,8,10,13H,2-3,6-7,9H2,1H3,(H2,17,18). The van der Waals surface area contributed by atoms with Crippen LogP contribution in [-0.2, 0) is 11.2 Å². The van der Waals surface area contributed by atoms with Crippen molar-refractivity contribution < 1.29 is 13.9 Å². The molecule has 0 radical (unpaired) electrons. The molecule has 0 aliphatic carbocycles. The quantitative estimate of drug-likeness (QED) is 0.917. The Balaban J connectivity index is 1.58. The first kappa shape index (κ1) is 15.5. The highest BCUT2D eigenvalue weighted by Gasteiger charge is 2.27. The number of hydrogen-bond acceptors (Lipinski definition) is 6. The normalized spacial score (nSPS) is 18.1. The van der Waals surface area contributed by atoms with Gasteiger partial charge in [0.15, 0.2) is 12.1 Å². The number of carbonyl (C=O) groups excluding carboxylic acids is 1. The van der Waals surface area contributed by atoms with Crippen LogP contribution in [0, 0.1) is 6.92 Å². The molecule has 0 bridgehead atoms. The van der Waals surface area contributed by atoms with Gasteiger partial charge in [-0.15, -0.1) is 0 Å². The Morgan fingerprint density at radius 2 is 2.35 bits per heavy atom. The van der Waals surface area contributed by atoms with Crippen molar-refractivity contribution in [1.29, 1.82) is 0 Å². The van der Waals surface area contributed by atoms with Crippen molar-refractivity contribution in [2.75, 3.05) is 25.4 Å². The van der Waals surface area contributed by atoms with Gasteiger partial charge in [0.25, 0.3) is 5.91 Å². The number of nitrogen functional groups attached to an aromatic ring is 1. The molecule has 7 heteroatoms. The van der Waals surface area contributed by atoms with E-state index in [0.29, 0.717) is 37.0 Å². The predicted octanol–water partition coefficient (Wildman–Crippen LogP) is 1.43. The number of anilines is 1. The maximum absolute atomic E-state index is 12.5. The number of morpholine rings is 1. The molecule has 1 saturated heterocycles. The van der Waals surface area contributed by atoms with Gasteiger partial charge in [-0.1, -0.05) is 0 Å². The first-order chi connectivity index (χ1) is 11.1. The number of nitrogens with zero attached hydrogens (tertiary/aromatic N) is 3. The summed E-state index contributed by atoms with van der Waals surface area (Å²) in [6, 6.07) is 3.81. The molecule has 0 saturated carbocycles. The minimum atomic E-state index is -0.0993. The van der Waals surface area contributed by atoms with Crippen molar-refractivity contribution in [2.45, 2.75) is 25.9 Å². The van der Waals surface area contributed by atoms with Gasteiger partial charge in [-0.3, -0.25) is 4.79 Å². The minimum absolute atomic E-state index is 0.00861. The monoisotopic (exact) mass is 316 g/mol. The number of carbonyl (C=O) groups is 1. The minimum Gasteiger partial charge on any atom is -0.448 e. The zero-order chi connectivity index (χ0) is 16.2. The van der Waals surface area contributed by atoms with Gasteiger partial charge in [0, 0.05) is 19.3 Å². The van der Waals surface area contributed by atoms with Crippen LogP contribution in [0.25, 0.3) is 0 Å². The molecule has 1 aliphatic rings. The first-order valence-electron chi connectivity index (χ1n) is 7.65. The van der Waals surface area contributed by atoms with Crippen LogP contribution in [-0.4, -0.2) is 46.6 Å². The van der Waals surface area contributed by atoms with Crippen molar-refractivity contribution in [3.63, 3.8) is 0 Å². The van der Waals surface area contributed by atoms with Gasteiger partial charge in [-0.25, -0.2) is 9.97 Å². The summed E-state index contributed by atoms with van der Waals surface area (Å²) in [5.41, 5.74) is 7.19. The van der Waals surface area contributed by atoms with Crippen LogP contribution in [0.2, 0.25) is 0 Å². The molecule has 3 rings (SSSR count). The molecule has 2 N–H and O–H groups in total. The van der Waals surface area contributed by atoms with E-state index in [4.69, 9.17) is 14.9 Å². The van der Waals surface area contributed by atoms with Gasteiger partial charge in [-0.2, -0.15) is 0 Å². The molecule has 1 amide bonds. The lowest BCUT2D eigenvalue weighted by Gasteiger charge is -2.32. The van der Waals surface area contributed by atoms with Crippen LogP contribution in [0.1, 0.15) is 28.2 Å². The van der Waals surface area contributed by atoms with E-state index in [9.17, 15) is 4.79 Å². The fraction of sp³-hybridized carbons (Fsp3) is 0.438. The topological polar surface area (TPSA) is 94.5 Å². The number of aromatic nitrogens is 2. The third-order valence-corrected chi connectivity index (χ3v) is 3.97. The summed E-state index contributed by atoms with van der Waals surface area (Å²) in [6.45, 7) is 3.41. The van der Waals surface area contributed by atoms with E-state index >= 15 is 0 Å². The van der Waals surface area contributed by atoms with E-state index in [1.165, 1.54) is 6.39 Å². The molecule has 1 fully saturated rings. The lowest BCUT2D eigenvalue weighted by atomic mass is 10.1. The molecule has 0 aromatic carbocycles. The molecule has 122 valence electrons. The maximum atomic E-state index is 12.5. The highest BCUT2D eigenvalue weighted by molar-refractivity contribution is 5.93. The van der Waals surface area contributed by atoms with Gasteiger partial charge in [0.1, 0.15) is 11.6 Å². The lowest BCUT2D eigenvalue weighted by Crippen LogP contribution is -2.46. The largest absolute Gasteiger partial charge is 0.448 e. The summed E-state index contributed by atoms with van der Waals surface area (Å²) in [5.74, 6) is 0.966. The SMILES string of the molecule is Cc1ocnc1C(=O)N1CCOC(CCc2ccnc(N)c2)C1. The van der Waals surface area contributed by atoms with E-state index in [2.05, 4.69) is 9.97 Å².